The smallest absolute Gasteiger partial charge is 0.255 e. The van der Waals surface area contributed by atoms with Crippen LogP contribution in [0, 0.1) is 19.7 Å². The molecular formula is C22H20FNO2. The molecule has 3 nitrogen and oxygen atoms in total. The second-order valence-electron chi connectivity index (χ2n) is 6.11. The molecule has 0 radical (unpaired) electrons. The van der Waals surface area contributed by atoms with Gasteiger partial charge < -0.3 is 10.1 Å². The summed E-state index contributed by atoms with van der Waals surface area (Å²) < 4.78 is 19.2. The first kappa shape index (κ1) is 17.7. The third-order valence-corrected chi connectivity index (χ3v) is 4.32. The van der Waals surface area contributed by atoms with Crippen molar-refractivity contribution in [1.82, 2.24) is 0 Å². The molecular weight excluding hydrogens is 329 g/mol. The summed E-state index contributed by atoms with van der Waals surface area (Å²) in [6.07, 6.45) is 0. The van der Waals surface area contributed by atoms with Gasteiger partial charge in [0.25, 0.3) is 5.91 Å². The largest absolute Gasteiger partial charge is 0.489 e. The quantitative estimate of drug-likeness (QED) is 0.681. The minimum atomic E-state index is -0.294. The molecule has 26 heavy (non-hydrogen) atoms. The molecule has 0 aromatic heterocycles. The van der Waals surface area contributed by atoms with E-state index >= 15 is 0 Å². The van der Waals surface area contributed by atoms with Crippen LogP contribution in [0.15, 0.2) is 66.7 Å². The number of aryl methyl sites for hydroxylation is 1. The van der Waals surface area contributed by atoms with E-state index in [-0.39, 0.29) is 18.3 Å². The van der Waals surface area contributed by atoms with Gasteiger partial charge in [0, 0.05) is 16.8 Å². The molecule has 3 aromatic carbocycles. The number of anilines is 1. The van der Waals surface area contributed by atoms with Gasteiger partial charge in [-0.1, -0.05) is 30.3 Å². The number of carbonyl (C=O) groups excluding carboxylic acids is 1. The maximum Gasteiger partial charge on any atom is 0.255 e. The Morgan fingerprint density at radius 1 is 0.962 bits per heavy atom. The number of nitrogens with one attached hydrogen (secondary N) is 1. The van der Waals surface area contributed by atoms with Crippen molar-refractivity contribution in [3.8, 4) is 5.75 Å². The zero-order valence-corrected chi connectivity index (χ0v) is 14.8. The van der Waals surface area contributed by atoms with Crippen LogP contribution < -0.4 is 10.1 Å². The van der Waals surface area contributed by atoms with Crippen molar-refractivity contribution in [1.29, 1.82) is 0 Å². The minimum absolute atomic E-state index is 0.140. The number of amides is 1. The van der Waals surface area contributed by atoms with Crippen molar-refractivity contribution < 1.29 is 13.9 Å². The molecule has 0 unspecified atom stereocenters. The number of benzene rings is 3. The molecule has 0 aliphatic rings. The Balaban J connectivity index is 1.64. The van der Waals surface area contributed by atoms with Crippen molar-refractivity contribution >= 4 is 11.6 Å². The van der Waals surface area contributed by atoms with Gasteiger partial charge in [-0.15, -0.1) is 0 Å². The minimum Gasteiger partial charge on any atom is -0.489 e. The fraction of sp³-hybridized carbons (Fsp3) is 0.136. The Hall–Kier alpha value is -3.14. The lowest BCUT2D eigenvalue weighted by Crippen LogP contribution is -2.13. The van der Waals surface area contributed by atoms with E-state index in [1.807, 2.05) is 32.0 Å². The van der Waals surface area contributed by atoms with Crippen LogP contribution in [0.5, 0.6) is 5.75 Å². The Kier molecular flexibility index (Phi) is 5.32. The van der Waals surface area contributed by atoms with Gasteiger partial charge in [-0.2, -0.15) is 0 Å². The lowest BCUT2D eigenvalue weighted by molar-refractivity contribution is 0.102. The van der Waals surface area contributed by atoms with Crippen molar-refractivity contribution in [3.63, 3.8) is 0 Å². The summed E-state index contributed by atoms with van der Waals surface area (Å²) in [4.78, 5) is 12.4. The standard InChI is InChI=1S/C22H20FNO2/c1-15-6-5-9-21(16(15)2)24-22(25)17-10-12-19(13-11-17)26-14-18-7-3-4-8-20(18)23/h3-13H,14H2,1-2H3,(H,24,25). The highest BCUT2D eigenvalue weighted by Crippen LogP contribution is 2.20. The average Bonchev–Trinajstić information content (AvgIpc) is 2.65. The van der Waals surface area contributed by atoms with E-state index in [1.165, 1.54) is 6.07 Å². The van der Waals surface area contributed by atoms with E-state index in [2.05, 4.69) is 5.32 Å². The lowest BCUT2D eigenvalue weighted by atomic mass is 10.1. The predicted octanol–water partition coefficient (Wildman–Crippen LogP) is 5.27. The monoisotopic (exact) mass is 349 g/mol. The summed E-state index contributed by atoms with van der Waals surface area (Å²) >= 11 is 0. The van der Waals surface area contributed by atoms with Crippen LogP contribution >= 0.6 is 0 Å². The molecule has 0 fully saturated rings. The molecule has 0 saturated carbocycles. The predicted molar refractivity (Wildman–Crippen MR) is 101 cm³/mol. The zero-order valence-electron chi connectivity index (χ0n) is 14.8. The van der Waals surface area contributed by atoms with Crippen LogP contribution in [0.25, 0.3) is 0 Å². The van der Waals surface area contributed by atoms with Crippen LogP contribution in [-0.2, 0) is 6.61 Å². The SMILES string of the molecule is Cc1cccc(NC(=O)c2ccc(OCc3ccccc3F)cc2)c1C. The second-order valence-corrected chi connectivity index (χ2v) is 6.11. The highest BCUT2D eigenvalue weighted by atomic mass is 19.1. The van der Waals surface area contributed by atoms with Crippen LogP contribution in [0.1, 0.15) is 27.0 Å². The number of rotatable bonds is 5. The number of ether oxygens (including phenoxy) is 1. The first-order chi connectivity index (χ1) is 12.5. The van der Waals surface area contributed by atoms with Crippen LogP contribution in [0.4, 0.5) is 10.1 Å². The second kappa shape index (κ2) is 7.83. The summed E-state index contributed by atoms with van der Waals surface area (Å²) in [7, 11) is 0. The normalized spacial score (nSPS) is 10.4. The number of hydrogen-bond acceptors (Lipinski definition) is 2. The van der Waals surface area contributed by atoms with E-state index in [4.69, 9.17) is 4.74 Å². The van der Waals surface area contributed by atoms with Crippen molar-refractivity contribution in [3.05, 3.63) is 94.8 Å². The first-order valence-electron chi connectivity index (χ1n) is 8.38. The molecule has 1 N–H and O–H groups in total. The molecule has 0 heterocycles. The van der Waals surface area contributed by atoms with Gasteiger partial charge in [-0.3, -0.25) is 4.79 Å². The molecule has 0 spiro atoms. The molecule has 0 bridgehead atoms. The van der Waals surface area contributed by atoms with E-state index in [0.29, 0.717) is 16.9 Å². The van der Waals surface area contributed by atoms with Crippen molar-refractivity contribution in [2.45, 2.75) is 20.5 Å². The van der Waals surface area contributed by atoms with E-state index < -0.39 is 0 Å². The van der Waals surface area contributed by atoms with Gasteiger partial charge in [0.1, 0.15) is 18.2 Å². The summed E-state index contributed by atoms with van der Waals surface area (Å²) in [5.41, 5.74) is 3.99. The third-order valence-electron chi connectivity index (χ3n) is 4.32. The summed E-state index contributed by atoms with van der Waals surface area (Å²) in [5, 5.41) is 2.92. The summed E-state index contributed by atoms with van der Waals surface area (Å²) in [6, 6.07) is 19.1. The first-order valence-corrected chi connectivity index (χ1v) is 8.38. The molecule has 0 aliphatic heterocycles. The number of carbonyl (C=O) groups is 1. The van der Waals surface area contributed by atoms with Gasteiger partial charge in [0.05, 0.1) is 0 Å². The highest BCUT2D eigenvalue weighted by molar-refractivity contribution is 6.04. The highest BCUT2D eigenvalue weighted by Gasteiger charge is 2.09. The number of halogens is 1. The number of hydrogen-bond donors (Lipinski definition) is 1. The Bertz CT molecular complexity index is 920. The van der Waals surface area contributed by atoms with Crippen LogP contribution in [0.2, 0.25) is 0 Å². The van der Waals surface area contributed by atoms with E-state index in [1.54, 1.807) is 42.5 Å². The fourth-order valence-corrected chi connectivity index (χ4v) is 2.56. The van der Waals surface area contributed by atoms with Gasteiger partial charge in [-0.05, 0) is 61.4 Å². The zero-order chi connectivity index (χ0) is 18.5. The molecule has 3 rings (SSSR count). The average molecular weight is 349 g/mol. The topological polar surface area (TPSA) is 38.3 Å². The molecule has 4 heteroatoms. The van der Waals surface area contributed by atoms with Crippen molar-refractivity contribution in [2.24, 2.45) is 0 Å². The van der Waals surface area contributed by atoms with E-state index in [0.717, 1.165) is 16.8 Å². The van der Waals surface area contributed by atoms with Crippen LogP contribution in [-0.4, -0.2) is 5.91 Å². The van der Waals surface area contributed by atoms with Gasteiger partial charge in [0.2, 0.25) is 0 Å². The lowest BCUT2D eigenvalue weighted by Gasteiger charge is -2.11. The van der Waals surface area contributed by atoms with Crippen molar-refractivity contribution in [2.75, 3.05) is 5.32 Å². The third kappa shape index (κ3) is 4.09. The molecule has 0 saturated heterocycles. The molecule has 1 amide bonds. The maximum absolute atomic E-state index is 13.6. The Labute approximate surface area is 152 Å². The Morgan fingerprint density at radius 3 is 2.42 bits per heavy atom. The molecule has 132 valence electrons. The van der Waals surface area contributed by atoms with E-state index in [9.17, 15) is 9.18 Å². The Morgan fingerprint density at radius 2 is 1.69 bits per heavy atom. The molecule has 0 aliphatic carbocycles. The molecule has 3 aromatic rings. The fourth-order valence-electron chi connectivity index (χ4n) is 2.56. The van der Waals surface area contributed by atoms with Gasteiger partial charge >= 0.3 is 0 Å². The summed E-state index contributed by atoms with van der Waals surface area (Å²) in [5.74, 6) is 0.105. The van der Waals surface area contributed by atoms with Gasteiger partial charge in [-0.25, -0.2) is 4.39 Å². The summed E-state index contributed by atoms with van der Waals surface area (Å²) in [6.45, 7) is 4.12. The maximum atomic E-state index is 13.6. The molecule has 0 atom stereocenters. The van der Waals surface area contributed by atoms with Crippen LogP contribution in [0.3, 0.4) is 0 Å². The van der Waals surface area contributed by atoms with Gasteiger partial charge in [0.15, 0.2) is 0 Å².